The Hall–Kier alpha value is -1.63. The highest BCUT2D eigenvalue weighted by Crippen LogP contribution is 2.26. The van der Waals surface area contributed by atoms with Crippen molar-refractivity contribution < 1.29 is 4.92 Å². The summed E-state index contributed by atoms with van der Waals surface area (Å²) in [5, 5.41) is 10.8. The number of hydrogen-bond acceptors (Lipinski definition) is 3. The molecule has 0 fully saturated rings. The monoisotopic (exact) mass is 382 g/mol. The predicted octanol–water partition coefficient (Wildman–Crippen LogP) is 4.14. The van der Waals surface area contributed by atoms with E-state index in [4.69, 9.17) is 0 Å². The van der Waals surface area contributed by atoms with Gasteiger partial charge in [0.25, 0.3) is 5.69 Å². The minimum atomic E-state index is -0.356. The molecule has 0 heterocycles. The number of nitrogens with zero attached hydrogens (tertiary/aromatic N) is 2. The predicted molar refractivity (Wildman–Crippen MR) is 89.1 cm³/mol. The third kappa shape index (κ3) is 3.47. The largest absolute Gasteiger partial charge is 0.370 e. The quantitative estimate of drug-likeness (QED) is 0.454. The van der Waals surface area contributed by atoms with Gasteiger partial charge in [-0.25, -0.2) is 0 Å². The second-order valence-corrected chi connectivity index (χ2v) is 5.90. The first-order valence-corrected chi connectivity index (χ1v) is 7.26. The zero-order chi connectivity index (χ0) is 14.7. The zero-order valence-corrected chi connectivity index (χ0v) is 13.5. The molecule has 0 radical (unpaired) electrons. The molecule has 0 bridgehead atoms. The van der Waals surface area contributed by atoms with Crippen LogP contribution in [0, 0.1) is 20.6 Å². The highest BCUT2D eigenvalue weighted by atomic mass is 127. The van der Waals surface area contributed by atoms with Gasteiger partial charge in [-0.2, -0.15) is 0 Å². The molecule has 2 aromatic carbocycles. The first-order valence-electron chi connectivity index (χ1n) is 6.18. The fourth-order valence-electron chi connectivity index (χ4n) is 1.94. The van der Waals surface area contributed by atoms with Crippen LogP contribution in [0.4, 0.5) is 11.4 Å². The van der Waals surface area contributed by atoms with E-state index >= 15 is 0 Å². The molecule has 0 aliphatic heterocycles. The van der Waals surface area contributed by atoms with E-state index < -0.39 is 0 Å². The first kappa shape index (κ1) is 14.8. The van der Waals surface area contributed by atoms with Crippen LogP contribution in [0.3, 0.4) is 0 Å². The minimum absolute atomic E-state index is 0.151. The van der Waals surface area contributed by atoms with Crippen LogP contribution in [0.1, 0.15) is 11.1 Å². The number of hydrogen-bond donors (Lipinski definition) is 0. The van der Waals surface area contributed by atoms with E-state index in [1.165, 1.54) is 11.1 Å². The molecule has 0 amide bonds. The van der Waals surface area contributed by atoms with Crippen molar-refractivity contribution in [1.82, 2.24) is 0 Å². The molecule has 0 spiro atoms. The lowest BCUT2D eigenvalue weighted by molar-refractivity contribution is -0.385. The lowest BCUT2D eigenvalue weighted by atomic mass is 10.1. The van der Waals surface area contributed by atoms with Crippen molar-refractivity contribution in [3.8, 4) is 0 Å². The summed E-state index contributed by atoms with van der Waals surface area (Å²) in [7, 11) is 1.98. The second kappa shape index (κ2) is 6.21. The van der Waals surface area contributed by atoms with E-state index in [0.717, 1.165) is 12.2 Å². The van der Waals surface area contributed by atoms with E-state index in [9.17, 15) is 10.1 Å². The summed E-state index contributed by atoms with van der Waals surface area (Å²) in [4.78, 5) is 12.5. The van der Waals surface area contributed by atoms with Crippen molar-refractivity contribution in [1.29, 1.82) is 0 Å². The summed E-state index contributed by atoms with van der Waals surface area (Å²) < 4.78 is 0.654. The Labute approximate surface area is 131 Å². The van der Waals surface area contributed by atoms with Crippen LogP contribution >= 0.6 is 22.6 Å². The topological polar surface area (TPSA) is 46.4 Å². The van der Waals surface area contributed by atoms with E-state index in [1.807, 2.05) is 35.7 Å². The summed E-state index contributed by atoms with van der Waals surface area (Å²) in [6.07, 6.45) is 0. The van der Waals surface area contributed by atoms with E-state index in [2.05, 4.69) is 36.1 Å². The number of aryl methyl sites for hydroxylation is 1. The Balaban J connectivity index is 2.17. The number of nitro benzene ring substituents is 1. The van der Waals surface area contributed by atoms with E-state index in [0.29, 0.717) is 3.57 Å². The van der Waals surface area contributed by atoms with Crippen LogP contribution in [0.2, 0.25) is 0 Å². The summed E-state index contributed by atoms with van der Waals surface area (Å²) in [6, 6.07) is 13.6. The zero-order valence-electron chi connectivity index (χ0n) is 11.3. The summed E-state index contributed by atoms with van der Waals surface area (Å²) in [5.41, 5.74) is 3.58. The standard InChI is InChI=1S/C15H15IN2O2/c1-11-3-5-12(6-4-11)10-17(2)13-7-8-15(18(19)20)14(16)9-13/h3-9H,10H2,1-2H3. The Bertz CT molecular complexity index is 626. The molecule has 0 saturated carbocycles. The number of rotatable bonds is 4. The highest BCUT2D eigenvalue weighted by Gasteiger charge is 2.13. The van der Waals surface area contributed by atoms with Gasteiger partial charge in [0, 0.05) is 25.3 Å². The molecule has 0 aliphatic carbocycles. The van der Waals surface area contributed by atoms with Crippen molar-refractivity contribution in [3.05, 3.63) is 67.3 Å². The summed E-state index contributed by atoms with van der Waals surface area (Å²) in [6.45, 7) is 2.83. The smallest absolute Gasteiger partial charge is 0.282 e. The Morgan fingerprint density at radius 1 is 1.20 bits per heavy atom. The number of halogens is 1. The van der Waals surface area contributed by atoms with Crippen LogP contribution in [0.5, 0.6) is 0 Å². The van der Waals surface area contributed by atoms with Crippen molar-refractivity contribution in [3.63, 3.8) is 0 Å². The lowest BCUT2D eigenvalue weighted by Crippen LogP contribution is -2.16. The van der Waals surface area contributed by atoms with Gasteiger partial charge in [-0.1, -0.05) is 29.8 Å². The Morgan fingerprint density at radius 2 is 1.85 bits per heavy atom. The van der Waals surface area contributed by atoms with Crippen LogP contribution < -0.4 is 4.90 Å². The molecule has 4 nitrogen and oxygen atoms in total. The molecule has 0 saturated heterocycles. The average molecular weight is 382 g/mol. The van der Waals surface area contributed by atoms with Crippen LogP contribution in [0.25, 0.3) is 0 Å². The third-order valence-corrected chi connectivity index (χ3v) is 3.97. The van der Waals surface area contributed by atoms with Gasteiger partial charge in [0.1, 0.15) is 0 Å². The third-order valence-electron chi connectivity index (χ3n) is 3.11. The number of benzene rings is 2. The molecule has 20 heavy (non-hydrogen) atoms. The number of anilines is 1. The van der Waals surface area contributed by atoms with Crippen LogP contribution in [-0.4, -0.2) is 12.0 Å². The van der Waals surface area contributed by atoms with Gasteiger partial charge >= 0.3 is 0 Å². The normalized spacial score (nSPS) is 10.3. The van der Waals surface area contributed by atoms with Crippen LogP contribution in [-0.2, 0) is 6.54 Å². The molecule has 0 aromatic heterocycles. The van der Waals surface area contributed by atoms with Gasteiger partial charge < -0.3 is 4.90 Å². The molecule has 0 N–H and O–H groups in total. The van der Waals surface area contributed by atoms with Gasteiger partial charge in [-0.3, -0.25) is 10.1 Å². The molecule has 0 atom stereocenters. The van der Waals surface area contributed by atoms with Gasteiger partial charge in [0.15, 0.2) is 0 Å². The molecule has 2 rings (SSSR count). The van der Waals surface area contributed by atoms with Crippen molar-refractivity contribution in [2.45, 2.75) is 13.5 Å². The second-order valence-electron chi connectivity index (χ2n) is 4.73. The minimum Gasteiger partial charge on any atom is -0.370 e. The van der Waals surface area contributed by atoms with Crippen molar-refractivity contribution >= 4 is 34.0 Å². The van der Waals surface area contributed by atoms with E-state index in [-0.39, 0.29) is 10.6 Å². The Morgan fingerprint density at radius 3 is 2.40 bits per heavy atom. The van der Waals surface area contributed by atoms with Crippen molar-refractivity contribution in [2.75, 3.05) is 11.9 Å². The maximum Gasteiger partial charge on any atom is 0.282 e. The number of nitro groups is 1. The van der Waals surface area contributed by atoms with Gasteiger partial charge in [0.05, 0.1) is 8.49 Å². The SMILES string of the molecule is Cc1ccc(CN(C)c2ccc([N+](=O)[O-])c(I)c2)cc1. The summed E-state index contributed by atoms with van der Waals surface area (Å²) in [5.74, 6) is 0. The van der Waals surface area contributed by atoms with Gasteiger partial charge in [-0.05, 0) is 47.2 Å². The van der Waals surface area contributed by atoms with Crippen molar-refractivity contribution in [2.24, 2.45) is 0 Å². The first-order chi connectivity index (χ1) is 9.47. The average Bonchev–Trinajstić information content (AvgIpc) is 2.40. The Kier molecular flexibility index (Phi) is 4.59. The molecular formula is C15H15IN2O2. The molecule has 104 valence electrons. The highest BCUT2D eigenvalue weighted by molar-refractivity contribution is 14.1. The van der Waals surface area contributed by atoms with Gasteiger partial charge in [0.2, 0.25) is 0 Å². The lowest BCUT2D eigenvalue weighted by Gasteiger charge is -2.19. The molecule has 5 heteroatoms. The van der Waals surface area contributed by atoms with Crippen LogP contribution in [0.15, 0.2) is 42.5 Å². The maximum absolute atomic E-state index is 10.8. The maximum atomic E-state index is 10.8. The van der Waals surface area contributed by atoms with E-state index in [1.54, 1.807) is 12.1 Å². The molecular weight excluding hydrogens is 367 g/mol. The molecule has 0 unspecified atom stereocenters. The summed E-state index contributed by atoms with van der Waals surface area (Å²) >= 11 is 2.00. The fraction of sp³-hybridized carbons (Fsp3) is 0.200. The molecule has 2 aromatic rings. The van der Waals surface area contributed by atoms with Gasteiger partial charge in [-0.15, -0.1) is 0 Å². The fourth-order valence-corrected chi connectivity index (χ4v) is 2.64. The molecule has 0 aliphatic rings.